The Morgan fingerprint density at radius 1 is 1.17 bits per heavy atom. The minimum Gasteiger partial charge on any atom is -0.480 e. The molecule has 1 fully saturated rings. The van der Waals surface area contributed by atoms with Gasteiger partial charge in [0.1, 0.15) is 23.3 Å². The van der Waals surface area contributed by atoms with Crippen molar-refractivity contribution < 1.29 is 14.7 Å². The van der Waals surface area contributed by atoms with Crippen molar-refractivity contribution in [2.75, 3.05) is 18.0 Å². The average Bonchev–Trinajstić information content (AvgIpc) is 3.18. The van der Waals surface area contributed by atoms with Gasteiger partial charge in [0.25, 0.3) is 0 Å². The second kappa shape index (κ2) is 8.46. The number of anilines is 1. The number of piperidine rings is 1. The predicted octanol–water partition coefficient (Wildman–Crippen LogP) is 1.78. The first kappa shape index (κ1) is 20.6. The predicted molar refractivity (Wildman–Crippen MR) is 110 cm³/mol. The Kier molecular flexibility index (Phi) is 6.00. The number of amides is 1. The fourth-order valence-electron chi connectivity index (χ4n) is 3.10. The van der Waals surface area contributed by atoms with Crippen LogP contribution in [0.15, 0.2) is 42.9 Å². The highest BCUT2D eigenvalue weighted by Gasteiger charge is 2.38. The Morgan fingerprint density at radius 3 is 2.45 bits per heavy atom. The molecular weight excluding hydrogens is 396 g/mol. The summed E-state index contributed by atoms with van der Waals surface area (Å²) in [5.74, 6) is -0.592. The summed E-state index contributed by atoms with van der Waals surface area (Å²) in [6.45, 7) is 1.17. The Hall–Kier alpha value is -3.17. The quantitative estimate of drug-likeness (QED) is 0.507. The largest absolute Gasteiger partial charge is 0.480 e. The van der Waals surface area contributed by atoms with E-state index in [-0.39, 0.29) is 0 Å². The van der Waals surface area contributed by atoms with E-state index < -0.39 is 17.4 Å². The van der Waals surface area contributed by atoms with E-state index in [2.05, 4.69) is 19.9 Å². The van der Waals surface area contributed by atoms with Crippen LogP contribution < -0.4 is 16.4 Å². The lowest BCUT2D eigenvalue weighted by atomic mass is 9.89. The van der Waals surface area contributed by atoms with Crippen LogP contribution in [-0.2, 0) is 4.79 Å². The molecule has 152 valence electrons. The number of aliphatic carboxylic acids is 1. The van der Waals surface area contributed by atoms with E-state index in [9.17, 15) is 9.59 Å². The molecule has 0 radical (unpaired) electrons. The van der Waals surface area contributed by atoms with Crippen molar-refractivity contribution >= 4 is 40.3 Å². The molecule has 9 nitrogen and oxygen atoms in total. The summed E-state index contributed by atoms with van der Waals surface area (Å²) in [6, 6.07) is 8.60. The first-order chi connectivity index (χ1) is 13.8. The van der Waals surface area contributed by atoms with Gasteiger partial charge in [-0.05, 0) is 31.0 Å². The summed E-state index contributed by atoms with van der Waals surface area (Å²) >= 11 is 5.62. The van der Waals surface area contributed by atoms with Crippen LogP contribution in [-0.4, -0.2) is 50.6 Å². The number of carbonyl (C=O) groups is 2. The van der Waals surface area contributed by atoms with Crippen molar-refractivity contribution in [1.29, 1.82) is 0 Å². The minimum absolute atomic E-state index is 0.365. The Balaban J connectivity index is 0.000000204. The fourth-order valence-corrected chi connectivity index (χ4v) is 3.33. The summed E-state index contributed by atoms with van der Waals surface area (Å²) in [5, 5.41) is 10.5. The molecule has 6 N–H and O–H groups in total. The number of rotatable bonds is 3. The number of nitrogens with zero attached hydrogens (tertiary/aromatic N) is 3. The molecular formula is C19H21ClN6O3. The number of carboxylic acids is 1. The number of nitrogens with one attached hydrogen (secondary N) is 1. The second-order valence-electron chi connectivity index (χ2n) is 6.73. The molecule has 1 amide bonds. The number of carboxylic acid groups (broad SMARTS) is 1. The highest BCUT2D eigenvalue weighted by Crippen LogP contribution is 2.27. The number of aromatic nitrogens is 3. The van der Waals surface area contributed by atoms with Crippen LogP contribution in [0.25, 0.3) is 11.0 Å². The normalized spacial score (nSPS) is 15.4. The number of benzene rings is 1. The third kappa shape index (κ3) is 4.47. The van der Waals surface area contributed by atoms with Crippen LogP contribution in [0.2, 0.25) is 5.02 Å². The van der Waals surface area contributed by atoms with Gasteiger partial charge in [-0.25, -0.2) is 9.97 Å². The molecule has 1 aliphatic heterocycles. The second-order valence-corrected chi connectivity index (χ2v) is 7.14. The van der Waals surface area contributed by atoms with Gasteiger partial charge in [-0.1, -0.05) is 23.7 Å². The molecule has 4 rings (SSSR count). The number of hydrogen-bond donors (Lipinski definition) is 4. The maximum Gasteiger partial charge on any atom is 0.323 e. The zero-order valence-electron chi connectivity index (χ0n) is 15.5. The number of fused-ring (bicyclic) bond motifs is 1. The van der Waals surface area contributed by atoms with E-state index in [1.165, 1.54) is 6.33 Å². The van der Waals surface area contributed by atoms with Gasteiger partial charge in [-0.15, -0.1) is 0 Å². The summed E-state index contributed by atoms with van der Waals surface area (Å²) in [6.07, 6.45) is 4.16. The smallest absolute Gasteiger partial charge is 0.323 e. The van der Waals surface area contributed by atoms with Crippen LogP contribution in [0, 0.1) is 0 Å². The minimum atomic E-state index is -1.11. The van der Waals surface area contributed by atoms with Crippen molar-refractivity contribution in [3.05, 3.63) is 53.4 Å². The zero-order valence-corrected chi connectivity index (χ0v) is 16.3. The number of H-pyrrole nitrogens is 1. The van der Waals surface area contributed by atoms with Gasteiger partial charge >= 0.3 is 5.97 Å². The molecule has 0 aliphatic carbocycles. The van der Waals surface area contributed by atoms with Gasteiger partial charge in [0.15, 0.2) is 0 Å². The highest BCUT2D eigenvalue weighted by molar-refractivity contribution is 6.33. The summed E-state index contributed by atoms with van der Waals surface area (Å²) in [4.78, 5) is 35.2. The molecule has 3 aromatic rings. The average molecular weight is 417 g/mol. The number of nitrogens with two attached hydrogens (primary N) is 2. The Bertz CT molecular complexity index is 1030. The van der Waals surface area contributed by atoms with E-state index in [0.29, 0.717) is 36.5 Å². The number of halogens is 1. The van der Waals surface area contributed by atoms with E-state index in [1.807, 2.05) is 12.3 Å². The molecule has 0 bridgehead atoms. The van der Waals surface area contributed by atoms with Crippen molar-refractivity contribution in [3.8, 4) is 0 Å². The first-order valence-electron chi connectivity index (χ1n) is 8.91. The third-order valence-electron chi connectivity index (χ3n) is 4.85. The van der Waals surface area contributed by atoms with Gasteiger partial charge < -0.3 is 26.5 Å². The summed E-state index contributed by atoms with van der Waals surface area (Å²) < 4.78 is 0. The summed E-state index contributed by atoms with van der Waals surface area (Å²) in [7, 11) is 0. The van der Waals surface area contributed by atoms with Gasteiger partial charge in [0, 0.05) is 19.3 Å². The van der Waals surface area contributed by atoms with Crippen LogP contribution in [0.3, 0.4) is 0 Å². The van der Waals surface area contributed by atoms with Gasteiger partial charge in [0.2, 0.25) is 5.91 Å². The van der Waals surface area contributed by atoms with Crippen molar-refractivity contribution in [3.63, 3.8) is 0 Å². The highest BCUT2D eigenvalue weighted by atomic mass is 35.5. The summed E-state index contributed by atoms with van der Waals surface area (Å²) in [5.41, 5.74) is 10.9. The molecule has 1 aromatic carbocycles. The zero-order chi connectivity index (χ0) is 21.0. The first-order valence-corrected chi connectivity index (χ1v) is 9.29. The van der Waals surface area contributed by atoms with Crippen molar-refractivity contribution in [1.82, 2.24) is 15.0 Å². The molecule has 1 aliphatic rings. The van der Waals surface area contributed by atoms with Crippen molar-refractivity contribution in [2.45, 2.75) is 18.4 Å². The molecule has 10 heteroatoms. The molecule has 0 atom stereocenters. The maximum atomic E-state index is 11.1. The lowest BCUT2D eigenvalue weighted by molar-refractivity contribution is -0.144. The molecule has 2 aromatic heterocycles. The van der Waals surface area contributed by atoms with Crippen molar-refractivity contribution in [2.24, 2.45) is 11.5 Å². The standard InChI is InChI=1S/C12H15N5O2.C7H6ClNO/c13-12(11(18)19)2-5-17(6-3-12)10-8-1-4-14-9(8)15-7-16-10;8-6-4-2-1-3-5(6)7(9)10/h1,4,7H,2-3,5-6,13H2,(H,18,19)(H,14,15,16);1-4H,(H2,9,10). The van der Waals surface area contributed by atoms with E-state index in [1.54, 1.807) is 24.3 Å². The van der Waals surface area contributed by atoms with Crippen LogP contribution in [0.5, 0.6) is 0 Å². The van der Waals surface area contributed by atoms with Crippen LogP contribution in [0.1, 0.15) is 23.2 Å². The molecule has 0 unspecified atom stereocenters. The number of primary amides is 1. The molecule has 0 spiro atoms. The Morgan fingerprint density at radius 2 is 1.86 bits per heavy atom. The number of carbonyl (C=O) groups excluding carboxylic acids is 1. The lowest BCUT2D eigenvalue weighted by Crippen LogP contribution is -2.55. The fraction of sp³-hybridized carbons (Fsp3) is 0.263. The number of aromatic amines is 1. The van der Waals surface area contributed by atoms with Crippen LogP contribution >= 0.6 is 11.6 Å². The monoisotopic (exact) mass is 416 g/mol. The maximum absolute atomic E-state index is 11.1. The molecule has 3 heterocycles. The topological polar surface area (TPSA) is 151 Å². The van der Waals surface area contributed by atoms with Gasteiger partial charge in [-0.2, -0.15) is 0 Å². The van der Waals surface area contributed by atoms with E-state index >= 15 is 0 Å². The Labute approximate surface area is 171 Å². The number of hydrogen-bond acceptors (Lipinski definition) is 6. The third-order valence-corrected chi connectivity index (χ3v) is 5.18. The van der Waals surface area contributed by atoms with E-state index in [4.69, 9.17) is 28.2 Å². The van der Waals surface area contributed by atoms with Gasteiger partial charge in [-0.3, -0.25) is 9.59 Å². The van der Waals surface area contributed by atoms with E-state index in [0.717, 1.165) is 16.9 Å². The molecule has 29 heavy (non-hydrogen) atoms. The SMILES string of the molecule is NC(=O)c1ccccc1Cl.NC1(C(=O)O)CCN(c2ncnc3[nH]ccc23)CC1. The lowest BCUT2D eigenvalue weighted by Gasteiger charge is -2.36. The van der Waals surface area contributed by atoms with Gasteiger partial charge in [0.05, 0.1) is 16.0 Å². The molecule has 0 saturated carbocycles. The van der Waals surface area contributed by atoms with Crippen LogP contribution in [0.4, 0.5) is 5.82 Å². The molecule has 1 saturated heterocycles.